The fraction of sp³-hybridized carbons (Fsp3) is 1.00. The molecule has 0 rings (SSSR count). The molecule has 0 saturated carbocycles. The largest absolute Gasteiger partial charge is 0.431 e. The van der Waals surface area contributed by atoms with Crippen molar-refractivity contribution in [3.05, 3.63) is 0 Å². The summed E-state index contributed by atoms with van der Waals surface area (Å²) in [5.74, 6) is -22.1. The van der Waals surface area contributed by atoms with Gasteiger partial charge in [0.15, 0.2) is 0 Å². The van der Waals surface area contributed by atoms with E-state index in [2.05, 4.69) is 0 Å². The van der Waals surface area contributed by atoms with Gasteiger partial charge < -0.3 is 0 Å². The Morgan fingerprint density at radius 3 is 1.10 bits per heavy atom. The Bertz CT molecular complexity index is 735. The fourth-order valence-electron chi connectivity index (χ4n) is 3.74. The average Bonchev–Trinajstić information content (AvgIpc) is 2.60. The third-order valence-electron chi connectivity index (χ3n) is 5.63. The maximum Gasteiger partial charge on any atom is 0.431 e. The van der Waals surface area contributed by atoms with Crippen molar-refractivity contribution < 1.29 is 87.8 Å². The topological polar surface area (TPSA) is 0 Å². The molecule has 0 radical (unpaired) electrons. The first kappa shape index (κ1) is 37.6. The lowest BCUT2D eigenvalue weighted by Gasteiger charge is -2.35. The summed E-state index contributed by atoms with van der Waals surface area (Å²) < 4.78 is 263. The lowest BCUT2D eigenvalue weighted by Crippen LogP contribution is -2.56. The summed E-state index contributed by atoms with van der Waals surface area (Å²) in [6.07, 6.45) is -48.4. The van der Waals surface area contributed by atoms with E-state index in [1.54, 1.807) is 0 Å². The quantitative estimate of drug-likeness (QED) is 0.189. The molecule has 0 aliphatic carbocycles. The lowest BCUT2D eigenvalue weighted by molar-refractivity contribution is -0.356. The van der Waals surface area contributed by atoms with Crippen molar-refractivity contribution >= 4 is 0 Å². The van der Waals surface area contributed by atoms with Crippen LogP contribution >= 0.6 is 0 Å². The van der Waals surface area contributed by atoms with Crippen LogP contribution in [0.2, 0.25) is 0 Å². The Morgan fingerprint density at radius 2 is 0.795 bits per heavy atom. The second kappa shape index (κ2) is 11.8. The van der Waals surface area contributed by atoms with E-state index in [-0.39, 0.29) is 0 Å². The summed E-state index contributed by atoms with van der Waals surface area (Å²) in [6.45, 7) is 1.07. The van der Waals surface area contributed by atoms with Gasteiger partial charge in [0, 0.05) is 6.42 Å². The molecule has 0 bridgehead atoms. The standard InChI is InChI=1S/C19H20F20/c1-2-3-9(15(25,26)27)4-10(16(28,29)30)5-11(17(31,32)33)6-12(20,21)7-13(22,23)8-14(24,18(34,35)36)19(37,38)39/h9-11H,2-8H2,1H3. The number of rotatable bonds is 12. The summed E-state index contributed by atoms with van der Waals surface area (Å²) in [5.41, 5.74) is -6.80. The molecule has 0 aromatic rings. The van der Waals surface area contributed by atoms with E-state index >= 15 is 0 Å². The number of hydrogen-bond acceptors (Lipinski definition) is 0. The van der Waals surface area contributed by atoms with E-state index in [1.807, 2.05) is 0 Å². The molecule has 236 valence electrons. The lowest BCUT2D eigenvalue weighted by atomic mass is 9.81. The molecule has 0 spiro atoms. The van der Waals surface area contributed by atoms with Crippen LogP contribution in [-0.2, 0) is 0 Å². The van der Waals surface area contributed by atoms with Gasteiger partial charge in [-0.15, -0.1) is 0 Å². The third kappa shape index (κ3) is 11.2. The zero-order chi connectivity index (χ0) is 31.7. The summed E-state index contributed by atoms with van der Waals surface area (Å²) >= 11 is 0. The molecular weight excluding hydrogens is 608 g/mol. The molecule has 0 fully saturated rings. The van der Waals surface area contributed by atoms with Crippen LogP contribution in [0.4, 0.5) is 87.8 Å². The summed E-state index contributed by atoms with van der Waals surface area (Å²) in [4.78, 5) is 0. The number of alkyl halides is 20. The number of halogens is 20. The minimum absolute atomic E-state index is 0.406. The molecular formula is C19H20F20. The molecule has 20 heteroatoms. The SMILES string of the molecule is CCCC(CC(CC(CC(F)(F)CC(F)(F)CC(F)(C(F)(F)F)C(F)(F)F)C(F)(F)F)C(F)(F)F)C(F)(F)F. The van der Waals surface area contributed by atoms with Crippen molar-refractivity contribution in [2.75, 3.05) is 0 Å². The van der Waals surface area contributed by atoms with Crippen LogP contribution in [0.3, 0.4) is 0 Å². The van der Waals surface area contributed by atoms with Gasteiger partial charge in [0.05, 0.1) is 30.6 Å². The normalized spacial score (nSPS) is 17.8. The van der Waals surface area contributed by atoms with Crippen LogP contribution in [0.1, 0.15) is 51.9 Å². The average molecular weight is 628 g/mol. The van der Waals surface area contributed by atoms with Gasteiger partial charge in [0.2, 0.25) is 0 Å². The first-order chi connectivity index (χ1) is 16.8. The molecule has 0 saturated heterocycles. The molecule has 0 aromatic carbocycles. The highest BCUT2D eigenvalue weighted by Gasteiger charge is 2.75. The third-order valence-corrected chi connectivity index (χ3v) is 5.63. The van der Waals surface area contributed by atoms with Gasteiger partial charge in [-0.25, -0.2) is 22.0 Å². The molecule has 0 aliphatic heterocycles. The second-order valence-electron chi connectivity index (χ2n) is 9.04. The maximum atomic E-state index is 14.1. The maximum absolute atomic E-state index is 14.1. The van der Waals surface area contributed by atoms with Crippen molar-refractivity contribution in [3.8, 4) is 0 Å². The molecule has 0 aliphatic rings. The van der Waals surface area contributed by atoms with Crippen molar-refractivity contribution in [2.24, 2.45) is 17.8 Å². The first-order valence-corrected chi connectivity index (χ1v) is 10.6. The van der Waals surface area contributed by atoms with Crippen molar-refractivity contribution in [1.82, 2.24) is 0 Å². The molecule has 0 heterocycles. The molecule has 3 unspecified atom stereocenters. The first-order valence-electron chi connectivity index (χ1n) is 10.6. The van der Waals surface area contributed by atoms with E-state index in [0.29, 0.717) is 0 Å². The highest BCUT2D eigenvalue weighted by molar-refractivity contribution is 4.99. The Morgan fingerprint density at radius 1 is 0.436 bits per heavy atom. The van der Waals surface area contributed by atoms with E-state index in [1.165, 1.54) is 0 Å². The zero-order valence-corrected chi connectivity index (χ0v) is 19.2. The highest BCUT2D eigenvalue weighted by Crippen LogP contribution is 2.54. The van der Waals surface area contributed by atoms with Gasteiger partial charge in [-0.2, -0.15) is 65.9 Å². The Labute approximate surface area is 207 Å². The van der Waals surface area contributed by atoms with Crippen molar-refractivity contribution in [3.63, 3.8) is 0 Å². The van der Waals surface area contributed by atoms with Crippen LogP contribution in [-0.4, -0.2) is 48.4 Å². The van der Waals surface area contributed by atoms with Gasteiger partial charge >= 0.3 is 36.6 Å². The van der Waals surface area contributed by atoms with E-state index in [0.717, 1.165) is 6.92 Å². The predicted octanol–water partition coefficient (Wildman–Crippen LogP) is 10.4. The molecule has 0 N–H and O–H groups in total. The molecule has 3 atom stereocenters. The van der Waals surface area contributed by atoms with E-state index in [9.17, 15) is 87.8 Å². The monoisotopic (exact) mass is 628 g/mol. The predicted molar refractivity (Wildman–Crippen MR) is 92.5 cm³/mol. The number of hydrogen-bond donors (Lipinski definition) is 0. The van der Waals surface area contributed by atoms with Crippen LogP contribution in [0.25, 0.3) is 0 Å². The molecule has 0 amide bonds. The van der Waals surface area contributed by atoms with Crippen LogP contribution in [0.5, 0.6) is 0 Å². The van der Waals surface area contributed by atoms with Crippen LogP contribution in [0, 0.1) is 17.8 Å². The Kier molecular flexibility index (Phi) is 11.4. The highest BCUT2D eigenvalue weighted by atomic mass is 19.4. The van der Waals surface area contributed by atoms with Gasteiger partial charge in [0.25, 0.3) is 11.8 Å². The van der Waals surface area contributed by atoms with Crippen LogP contribution in [0.15, 0.2) is 0 Å². The van der Waals surface area contributed by atoms with Gasteiger partial charge in [-0.3, -0.25) is 0 Å². The van der Waals surface area contributed by atoms with Gasteiger partial charge in [-0.1, -0.05) is 13.3 Å². The Hall–Kier alpha value is -1.40. The van der Waals surface area contributed by atoms with Gasteiger partial charge in [-0.05, 0) is 19.3 Å². The minimum Gasteiger partial charge on any atom is -0.223 e. The molecule has 39 heavy (non-hydrogen) atoms. The summed E-state index contributed by atoms with van der Waals surface area (Å²) in [6, 6.07) is 0. The van der Waals surface area contributed by atoms with Crippen LogP contribution < -0.4 is 0 Å². The second-order valence-corrected chi connectivity index (χ2v) is 9.04. The summed E-state index contributed by atoms with van der Waals surface area (Å²) in [7, 11) is 0. The Balaban J connectivity index is 6.14. The summed E-state index contributed by atoms with van der Waals surface area (Å²) in [5, 5.41) is 0. The van der Waals surface area contributed by atoms with Gasteiger partial charge in [0.1, 0.15) is 0 Å². The zero-order valence-electron chi connectivity index (χ0n) is 19.2. The van der Waals surface area contributed by atoms with Crippen molar-refractivity contribution in [1.29, 1.82) is 0 Å². The minimum atomic E-state index is -7.15. The molecule has 0 nitrogen and oxygen atoms in total. The molecule has 0 aromatic heterocycles. The smallest absolute Gasteiger partial charge is 0.223 e. The fourth-order valence-corrected chi connectivity index (χ4v) is 3.74. The van der Waals surface area contributed by atoms with E-state index < -0.39 is 111 Å². The van der Waals surface area contributed by atoms with Crippen molar-refractivity contribution in [2.45, 2.75) is 100 Å². The van der Waals surface area contributed by atoms with E-state index in [4.69, 9.17) is 0 Å².